The summed E-state index contributed by atoms with van der Waals surface area (Å²) in [6, 6.07) is 10.2. The fraction of sp³-hybridized carbons (Fsp3) is 0.600. The van der Waals surface area contributed by atoms with Gasteiger partial charge in [0, 0.05) is 24.3 Å². The molecule has 1 fully saturated rings. The molecule has 0 spiro atoms. The third-order valence-electron chi connectivity index (χ3n) is 3.71. The van der Waals surface area contributed by atoms with E-state index in [-0.39, 0.29) is 0 Å². The maximum Gasteiger partial charge on any atom is 0.0371 e. The summed E-state index contributed by atoms with van der Waals surface area (Å²) >= 11 is 0. The first-order valence-corrected chi connectivity index (χ1v) is 6.77. The molecule has 1 aliphatic rings. The van der Waals surface area contributed by atoms with E-state index < -0.39 is 0 Å². The Morgan fingerprint density at radius 3 is 2.88 bits per heavy atom. The monoisotopic (exact) mass is 232 g/mol. The molecule has 2 heteroatoms. The number of aryl methyl sites for hydroxylation is 1. The molecule has 1 aliphatic heterocycles. The van der Waals surface area contributed by atoms with Crippen LogP contribution in [-0.2, 0) is 0 Å². The molecule has 2 nitrogen and oxygen atoms in total. The molecule has 1 heterocycles. The van der Waals surface area contributed by atoms with Gasteiger partial charge in [-0.2, -0.15) is 0 Å². The zero-order valence-electron chi connectivity index (χ0n) is 11.2. The van der Waals surface area contributed by atoms with Crippen molar-refractivity contribution in [1.29, 1.82) is 0 Å². The van der Waals surface area contributed by atoms with Gasteiger partial charge in [0.1, 0.15) is 0 Å². The smallest absolute Gasteiger partial charge is 0.0371 e. The first-order chi connectivity index (χ1) is 8.20. The Morgan fingerprint density at radius 2 is 2.24 bits per heavy atom. The Balaban J connectivity index is 2.15. The number of anilines is 1. The van der Waals surface area contributed by atoms with Crippen LogP contribution in [0.5, 0.6) is 0 Å². The molecule has 0 bridgehead atoms. The van der Waals surface area contributed by atoms with Crippen LogP contribution in [0.1, 0.15) is 32.3 Å². The first-order valence-electron chi connectivity index (χ1n) is 6.77. The van der Waals surface area contributed by atoms with Crippen LogP contribution in [0.15, 0.2) is 24.3 Å². The van der Waals surface area contributed by atoms with Gasteiger partial charge in [0.15, 0.2) is 0 Å². The largest absolute Gasteiger partial charge is 0.369 e. The molecule has 2 atom stereocenters. The highest BCUT2D eigenvalue weighted by molar-refractivity contribution is 5.49. The lowest BCUT2D eigenvalue weighted by Gasteiger charge is -2.38. The Hall–Kier alpha value is -1.02. The normalized spacial score (nSPS) is 24.6. The second-order valence-corrected chi connectivity index (χ2v) is 5.16. The molecular formula is C15H24N2. The zero-order valence-corrected chi connectivity index (χ0v) is 11.2. The molecule has 1 aromatic rings. The summed E-state index contributed by atoms with van der Waals surface area (Å²) in [6.45, 7) is 8.96. The SMILES string of the molecule is CCN(c1cccc(C)c1)C1CCNC(C)C1. The van der Waals surface area contributed by atoms with Crippen molar-refractivity contribution in [3.8, 4) is 0 Å². The minimum Gasteiger partial charge on any atom is -0.369 e. The van der Waals surface area contributed by atoms with Crippen molar-refractivity contribution in [2.75, 3.05) is 18.0 Å². The summed E-state index contributed by atoms with van der Waals surface area (Å²) in [7, 11) is 0. The number of hydrogen-bond acceptors (Lipinski definition) is 2. The fourth-order valence-electron chi connectivity index (χ4n) is 2.85. The standard InChI is InChI=1S/C15H24N2/c1-4-17(14-7-5-6-12(2)10-14)15-8-9-16-13(3)11-15/h5-7,10,13,15-16H,4,8-9,11H2,1-3H3. The van der Waals surface area contributed by atoms with Gasteiger partial charge in [0.2, 0.25) is 0 Å². The topological polar surface area (TPSA) is 15.3 Å². The van der Waals surface area contributed by atoms with Crippen LogP contribution in [0.2, 0.25) is 0 Å². The van der Waals surface area contributed by atoms with Crippen molar-refractivity contribution in [3.05, 3.63) is 29.8 Å². The van der Waals surface area contributed by atoms with Gasteiger partial charge in [0.05, 0.1) is 0 Å². The minimum atomic E-state index is 0.646. The molecule has 2 unspecified atom stereocenters. The van der Waals surface area contributed by atoms with Gasteiger partial charge in [-0.3, -0.25) is 0 Å². The summed E-state index contributed by atoms with van der Waals surface area (Å²) < 4.78 is 0. The highest BCUT2D eigenvalue weighted by Crippen LogP contribution is 2.23. The second kappa shape index (κ2) is 5.54. The third-order valence-corrected chi connectivity index (χ3v) is 3.71. The lowest BCUT2D eigenvalue weighted by Crippen LogP contribution is -2.47. The number of rotatable bonds is 3. The molecule has 1 aromatic carbocycles. The first kappa shape index (κ1) is 12.4. The Morgan fingerprint density at radius 1 is 1.41 bits per heavy atom. The minimum absolute atomic E-state index is 0.646. The average Bonchev–Trinajstić information content (AvgIpc) is 2.30. The Labute approximate surface area is 105 Å². The lowest BCUT2D eigenvalue weighted by molar-refractivity contribution is 0.365. The molecule has 0 saturated carbocycles. The maximum atomic E-state index is 3.53. The molecule has 1 saturated heterocycles. The van der Waals surface area contributed by atoms with Gasteiger partial charge in [-0.15, -0.1) is 0 Å². The van der Waals surface area contributed by atoms with Crippen LogP contribution in [0, 0.1) is 6.92 Å². The quantitative estimate of drug-likeness (QED) is 0.862. The van der Waals surface area contributed by atoms with Gasteiger partial charge in [-0.05, 0) is 57.9 Å². The van der Waals surface area contributed by atoms with Crippen LogP contribution in [-0.4, -0.2) is 25.2 Å². The van der Waals surface area contributed by atoms with Crippen molar-refractivity contribution >= 4 is 5.69 Å². The molecule has 0 aromatic heterocycles. The van der Waals surface area contributed by atoms with Crippen molar-refractivity contribution in [2.45, 2.75) is 45.7 Å². The van der Waals surface area contributed by atoms with Crippen LogP contribution >= 0.6 is 0 Å². The Kier molecular flexibility index (Phi) is 4.06. The number of nitrogens with zero attached hydrogens (tertiary/aromatic N) is 1. The molecule has 0 radical (unpaired) electrons. The lowest BCUT2D eigenvalue weighted by atomic mass is 9.98. The summed E-state index contributed by atoms with van der Waals surface area (Å²) in [5.41, 5.74) is 2.73. The average molecular weight is 232 g/mol. The van der Waals surface area contributed by atoms with E-state index in [4.69, 9.17) is 0 Å². The summed E-state index contributed by atoms with van der Waals surface area (Å²) in [5, 5.41) is 3.53. The predicted molar refractivity (Wildman–Crippen MR) is 74.7 cm³/mol. The maximum absolute atomic E-state index is 3.53. The molecular weight excluding hydrogens is 208 g/mol. The van der Waals surface area contributed by atoms with Gasteiger partial charge in [0.25, 0.3) is 0 Å². The highest BCUT2D eigenvalue weighted by Gasteiger charge is 2.23. The number of nitrogens with one attached hydrogen (secondary N) is 1. The van der Waals surface area contributed by atoms with Gasteiger partial charge >= 0.3 is 0 Å². The molecule has 0 aliphatic carbocycles. The predicted octanol–water partition coefficient (Wildman–Crippen LogP) is 2.96. The van der Waals surface area contributed by atoms with Crippen LogP contribution in [0.3, 0.4) is 0 Å². The van der Waals surface area contributed by atoms with E-state index in [2.05, 4.69) is 55.3 Å². The van der Waals surface area contributed by atoms with Gasteiger partial charge in [-0.25, -0.2) is 0 Å². The van der Waals surface area contributed by atoms with E-state index in [1.807, 2.05) is 0 Å². The molecule has 0 amide bonds. The molecule has 1 N–H and O–H groups in total. The van der Waals surface area contributed by atoms with Crippen LogP contribution in [0.4, 0.5) is 5.69 Å². The van der Waals surface area contributed by atoms with Crippen molar-refractivity contribution in [2.24, 2.45) is 0 Å². The van der Waals surface area contributed by atoms with E-state index in [0.29, 0.717) is 12.1 Å². The summed E-state index contributed by atoms with van der Waals surface area (Å²) in [6.07, 6.45) is 2.51. The van der Waals surface area contributed by atoms with Crippen LogP contribution < -0.4 is 10.2 Å². The Bertz CT molecular complexity index is 362. The van der Waals surface area contributed by atoms with Crippen molar-refractivity contribution < 1.29 is 0 Å². The molecule has 94 valence electrons. The fourth-order valence-corrected chi connectivity index (χ4v) is 2.85. The molecule has 2 rings (SSSR count). The van der Waals surface area contributed by atoms with E-state index in [1.54, 1.807) is 0 Å². The van der Waals surface area contributed by atoms with E-state index in [9.17, 15) is 0 Å². The van der Waals surface area contributed by atoms with Crippen molar-refractivity contribution in [1.82, 2.24) is 5.32 Å². The highest BCUT2D eigenvalue weighted by atomic mass is 15.2. The van der Waals surface area contributed by atoms with Gasteiger partial charge < -0.3 is 10.2 Å². The second-order valence-electron chi connectivity index (χ2n) is 5.16. The van der Waals surface area contributed by atoms with Gasteiger partial charge in [-0.1, -0.05) is 12.1 Å². The zero-order chi connectivity index (χ0) is 12.3. The number of piperidine rings is 1. The summed E-state index contributed by atoms with van der Waals surface area (Å²) in [4.78, 5) is 2.56. The number of benzene rings is 1. The van der Waals surface area contributed by atoms with E-state index >= 15 is 0 Å². The third kappa shape index (κ3) is 3.01. The number of hydrogen-bond donors (Lipinski definition) is 1. The van der Waals surface area contributed by atoms with Crippen LogP contribution in [0.25, 0.3) is 0 Å². The van der Waals surface area contributed by atoms with Crippen molar-refractivity contribution in [3.63, 3.8) is 0 Å². The van der Waals surface area contributed by atoms with E-state index in [1.165, 1.54) is 24.1 Å². The van der Waals surface area contributed by atoms with E-state index in [0.717, 1.165) is 13.1 Å². The molecule has 17 heavy (non-hydrogen) atoms. The summed E-state index contributed by atoms with van der Waals surface area (Å²) in [5.74, 6) is 0.